The van der Waals surface area contributed by atoms with Crippen LogP contribution >= 0.6 is 15.9 Å². The fraction of sp³-hybridized carbons (Fsp3) is 0.118. The molecule has 2 aromatic rings. The number of benzene rings is 2. The van der Waals surface area contributed by atoms with Gasteiger partial charge < -0.3 is 0 Å². The van der Waals surface area contributed by atoms with Crippen molar-refractivity contribution in [1.29, 1.82) is 0 Å². The van der Waals surface area contributed by atoms with E-state index in [0.29, 0.717) is 11.1 Å². The summed E-state index contributed by atoms with van der Waals surface area (Å²) in [5.41, 5.74) is 5.61. The van der Waals surface area contributed by atoms with Crippen LogP contribution < -0.4 is 10.9 Å². The number of hydrogen-bond donors (Lipinski definition) is 2. The summed E-state index contributed by atoms with van der Waals surface area (Å²) in [6, 6.07) is 15.5. The molecule has 2 aromatic carbocycles. The molecule has 0 unspecified atom stereocenters. The second kappa shape index (κ2) is 8.24. The highest BCUT2D eigenvalue weighted by Crippen LogP contribution is 2.12. The van der Waals surface area contributed by atoms with Gasteiger partial charge >= 0.3 is 0 Å². The van der Waals surface area contributed by atoms with Crippen molar-refractivity contribution in [2.75, 3.05) is 0 Å². The molecule has 0 spiro atoms. The number of amides is 2. The molecule has 0 atom stereocenters. The maximum atomic E-state index is 11.9. The number of nitrogens with one attached hydrogen (secondary N) is 2. The van der Waals surface area contributed by atoms with E-state index in [1.807, 2.05) is 0 Å². The predicted molar refractivity (Wildman–Crippen MR) is 89.8 cm³/mol. The molecule has 6 heteroatoms. The monoisotopic (exact) mass is 374 g/mol. The highest BCUT2D eigenvalue weighted by molar-refractivity contribution is 9.10. The zero-order chi connectivity index (χ0) is 16.7. The van der Waals surface area contributed by atoms with Gasteiger partial charge in [-0.3, -0.25) is 25.2 Å². The summed E-state index contributed by atoms with van der Waals surface area (Å²) < 4.78 is 0.885. The average Bonchev–Trinajstić information content (AvgIpc) is 2.59. The lowest BCUT2D eigenvalue weighted by Gasteiger charge is -2.07. The molecular weight excluding hydrogens is 360 g/mol. The van der Waals surface area contributed by atoms with Gasteiger partial charge in [-0.2, -0.15) is 0 Å². The van der Waals surface area contributed by atoms with Crippen molar-refractivity contribution in [3.8, 4) is 0 Å². The van der Waals surface area contributed by atoms with Crippen LogP contribution in [0.4, 0.5) is 0 Å². The van der Waals surface area contributed by atoms with Crippen LogP contribution in [0, 0.1) is 0 Å². The Hall–Kier alpha value is -2.47. The standard InChI is InChI=1S/C17H15BrN2O3/c18-14-8-6-12(7-9-14)15(21)10-11-16(22)19-20-17(23)13-4-2-1-3-5-13/h1-9H,10-11H2,(H,19,22)(H,20,23). The molecule has 0 saturated heterocycles. The Morgan fingerprint density at radius 3 is 2.09 bits per heavy atom. The predicted octanol–water partition coefficient (Wildman–Crippen LogP) is 2.87. The molecular formula is C17H15BrN2O3. The quantitative estimate of drug-likeness (QED) is 0.623. The lowest BCUT2D eigenvalue weighted by atomic mass is 10.1. The van der Waals surface area contributed by atoms with E-state index in [4.69, 9.17) is 0 Å². The Kier molecular flexibility index (Phi) is 6.05. The number of ketones is 1. The normalized spacial score (nSPS) is 9.96. The molecule has 2 N–H and O–H groups in total. The molecule has 0 aliphatic rings. The molecule has 0 saturated carbocycles. The first-order valence-electron chi connectivity index (χ1n) is 6.99. The second-order valence-corrected chi connectivity index (χ2v) is 5.71. The average molecular weight is 375 g/mol. The molecule has 0 radical (unpaired) electrons. The van der Waals surface area contributed by atoms with E-state index in [1.54, 1.807) is 54.6 Å². The number of halogens is 1. The topological polar surface area (TPSA) is 75.3 Å². The molecule has 23 heavy (non-hydrogen) atoms. The summed E-state index contributed by atoms with van der Waals surface area (Å²) in [5, 5.41) is 0. The van der Waals surface area contributed by atoms with E-state index < -0.39 is 11.8 Å². The van der Waals surface area contributed by atoms with Crippen LogP contribution in [0.15, 0.2) is 59.1 Å². The van der Waals surface area contributed by atoms with Gasteiger partial charge in [-0.15, -0.1) is 0 Å². The summed E-state index contributed by atoms with van der Waals surface area (Å²) in [5.74, 6) is -0.944. The van der Waals surface area contributed by atoms with Gasteiger partial charge in [0.2, 0.25) is 5.91 Å². The van der Waals surface area contributed by atoms with Crippen LogP contribution in [-0.2, 0) is 4.79 Å². The second-order valence-electron chi connectivity index (χ2n) is 4.80. The third-order valence-corrected chi connectivity index (χ3v) is 3.63. The molecule has 0 aromatic heterocycles. The molecule has 2 amide bonds. The van der Waals surface area contributed by atoms with Gasteiger partial charge in [-0.05, 0) is 24.3 Å². The van der Waals surface area contributed by atoms with Crippen LogP contribution in [0.5, 0.6) is 0 Å². The third kappa shape index (κ3) is 5.34. The molecule has 0 heterocycles. The highest BCUT2D eigenvalue weighted by atomic mass is 79.9. The molecule has 0 fully saturated rings. The first kappa shape index (κ1) is 16.9. The Labute approximate surface area is 142 Å². The SMILES string of the molecule is O=C(CCC(=O)c1ccc(Br)cc1)NNC(=O)c1ccccc1. The first-order chi connectivity index (χ1) is 11.1. The largest absolute Gasteiger partial charge is 0.294 e. The smallest absolute Gasteiger partial charge is 0.269 e. The third-order valence-electron chi connectivity index (χ3n) is 3.10. The zero-order valence-electron chi connectivity index (χ0n) is 12.2. The number of hydrogen-bond acceptors (Lipinski definition) is 3. The number of rotatable bonds is 5. The summed E-state index contributed by atoms with van der Waals surface area (Å²) in [4.78, 5) is 35.4. The Balaban J connectivity index is 1.76. The molecule has 5 nitrogen and oxygen atoms in total. The van der Waals surface area contributed by atoms with Crippen molar-refractivity contribution in [2.24, 2.45) is 0 Å². The number of hydrazine groups is 1. The lowest BCUT2D eigenvalue weighted by Crippen LogP contribution is -2.41. The summed E-state index contributed by atoms with van der Waals surface area (Å²) in [6.07, 6.45) is 0.0820. The maximum Gasteiger partial charge on any atom is 0.269 e. The summed E-state index contributed by atoms with van der Waals surface area (Å²) >= 11 is 3.29. The summed E-state index contributed by atoms with van der Waals surface area (Å²) in [6.45, 7) is 0. The van der Waals surface area contributed by atoms with Gasteiger partial charge in [-0.25, -0.2) is 0 Å². The molecule has 118 valence electrons. The zero-order valence-corrected chi connectivity index (χ0v) is 13.8. The molecule has 0 aliphatic heterocycles. The van der Waals surface area contributed by atoms with E-state index in [0.717, 1.165) is 4.47 Å². The Bertz CT molecular complexity index is 700. The summed E-state index contributed by atoms with van der Waals surface area (Å²) in [7, 11) is 0. The van der Waals surface area contributed by atoms with Crippen molar-refractivity contribution >= 4 is 33.5 Å². The molecule has 0 aliphatic carbocycles. The van der Waals surface area contributed by atoms with E-state index in [9.17, 15) is 14.4 Å². The Morgan fingerprint density at radius 2 is 1.43 bits per heavy atom. The number of carbonyl (C=O) groups is 3. The fourth-order valence-electron chi connectivity index (χ4n) is 1.86. The van der Waals surface area contributed by atoms with Gasteiger partial charge in [-0.1, -0.05) is 46.3 Å². The maximum absolute atomic E-state index is 11.9. The van der Waals surface area contributed by atoms with Gasteiger partial charge in [0.05, 0.1) is 0 Å². The van der Waals surface area contributed by atoms with Crippen molar-refractivity contribution < 1.29 is 14.4 Å². The minimum Gasteiger partial charge on any atom is -0.294 e. The van der Waals surface area contributed by atoms with E-state index in [2.05, 4.69) is 26.8 Å². The fourth-order valence-corrected chi connectivity index (χ4v) is 2.12. The first-order valence-corrected chi connectivity index (χ1v) is 7.78. The van der Waals surface area contributed by atoms with E-state index in [1.165, 1.54) is 0 Å². The van der Waals surface area contributed by atoms with Gasteiger partial charge in [0.15, 0.2) is 5.78 Å². The highest BCUT2D eigenvalue weighted by Gasteiger charge is 2.10. The van der Waals surface area contributed by atoms with Gasteiger partial charge in [0.1, 0.15) is 0 Å². The lowest BCUT2D eigenvalue weighted by molar-refractivity contribution is -0.121. The van der Waals surface area contributed by atoms with Crippen LogP contribution in [0.25, 0.3) is 0 Å². The van der Waals surface area contributed by atoms with E-state index in [-0.39, 0.29) is 18.6 Å². The van der Waals surface area contributed by atoms with Gasteiger partial charge in [0, 0.05) is 28.4 Å². The van der Waals surface area contributed by atoms with Crippen molar-refractivity contribution in [3.05, 3.63) is 70.2 Å². The molecule has 2 rings (SSSR count). The van der Waals surface area contributed by atoms with Crippen LogP contribution in [0.1, 0.15) is 33.6 Å². The van der Waals surface area contributed by atoms with Crippen LogP contribution in [0.2, 0.25) is 0 Å². The van der Waals surface area contributed by atoms with Crippen LogP contribution in [0.3, 0.4) is 0 Å². The van der Waals surface area contributed by atoms with Gasteiger partial charge in [0.25, 0.3) is 5.91 Å². The minimum atomic E-state index is -0.417. The van der Waals surface area contributed by atoms with Crippen LogP contribution in [-0.4, -0.2) is 17.6 Å². The van der Waals surface area contributed by atoms with Crippen molar-refractivity contribution in [2.45, 2.75) is 12.8 Å². The van der Waals surface area contributed by atoms with Crippen molar-refractivity contribution in [1.82, 2.24) is 10.9 Å². The number of carbonyl (C=O) groups excluding carboxylic acids is 3. The molecule has 0 bridgehead atoms. The van der Waals surface area contributed by atoms with Crippen molar-refractivity contribution in [3.63, 3.8) is 0 Å². The minimum absolute atomic E-state index is 0.00394. The Morgan fingerprint density at radius 1 is 0.783 bits per heavy atom. The number of Topliss-reactive ketones (excluding diaryl/α,β-unsaturated/α-hetero) is 1. The van der Waals surface area contributed by atoms with E-state index >= 15 is 0 Å².